The topological polar surface area (TPSA) is 53.8 Å². The van der Waals surface area contributed by atoms with E-state index in [0.717, 1.165) is 94.6 Å². The van der Waals surface area contributed by atoms with Crippen LogP contribution in [0.15, 0.2) is 0 Å². The van der Waals surface area contributed by atoms with Crippen LogP contribution in [0.25, 0.3) is 0 Å². The summed E-state index contributed by atoms with van der Waals surface area (Å²) in [7, 11) is 1.88. The van der Waals surface area contributed by atoms with Crippen molar-refractivity contribution in [3.63, 3.8) is 0 Å². The van der Waals surface area contributed by atoms with Crippen molar-refractivity contribution < 1.29 is 9.53 Å². The fourth-order valence-corrected chi connectivity index (χ4v) is 5.12. The van der Waals surface area contributed by atoms with Gasteiger partial charge in [0.2, 0.25) is 5.91 Å². The number of likely N-dealkylation sites (tertiary alicyclic amines) is 1. The van der Waals surface area contributed by atoms with E-state index >= 15 is 0 Å². The molecule has 7 nitrogen and oxygen atoms in total. The van der Waals surface area contributed by atoms with Gasteiger partial charge in [0, 0.05) is 71.1 Å². The Bertz CT molecular complexity index is 695. The van der Waals surface area contributed by atoms with Gasteiger partial charge in [-0.15, -0.1) is 0 Å². The van der Waals surface area contributed by atoms with Gasteiger partial charge in [0.05, 0.1) is 11.7 Å². The molecular formula is C20H32ClN5O2. The molecule has 156 valence electrons. The Morgan fingerprint density at radius 3 is 2.46 bits per heavy atom. The third-order valence-electron chi connectivity index (χ3n) is 6.58. The molecule has 0 aliphatic carbocycles. The Kier molecular flexibility index (Phi) is 6.25. The van der Waals surface area contributed by atoms with Gasteiger partial charge in [0.25, 0.3) is 0 Å². The largest absolute Gasteiger partial charge is 0.381 e. The Balaban J connectivity index is 1.33. The maximum absolute atomic E-state index is 13.2. The van der Waals surface area contributed by atoms with E-state index in [4.69, 9.17) is 16.3 Å². The summed E-state index contributed by atoms with van der Waals surface area (Å²) in [4.78, 5) is 20.2. The standard InChI is InChI=1S/C20H32ClN5O2/c1-15-17(19(21)23(2)22-15)14-24-8-10-25(11-9-24)18-4-3-7-26(20(18)27)16-5-12-28-13-6-16/h16,18H,3-14H2,1-2H3/t18-/m0/s1. The van der Waals surface area contributed by atoms with Gasteiger partial charge in [-0.25, -0.2) is 0 Å². The molecule has 3 fully saturated rings. The second kappa shape index (κ2) is 8.69. The second-order valence-corrected chi connectivity index (χ2v) is 8.68. The predicted octanol–water partition coefficient (Wildman–Crippen LogP) is 1.67. The smallest absolute Gasteiger partial charge is 0.240 e. The maximum Gasteiger partial charge on any atom is 0.240 e. The summed E-state index contributed by atoms with van der Waals surface area (Å²) in [5.74, 6) is 0.345. The minimum atomic E-state index is 0.0578. The highest BCUT2D eigenvalue weighted by atomic mass is 35.5. The lowest BCUT2D eigenvalue weighted by molar-refractivity contribution is -0.145. The number of halogens is 1. The quantitative estimate of drug-likeness (QED) is 0.757. The molecule has 0 radical (unpaired) electrons. The minimum Gasteiger partial charge on any atom is -0.381 e. The number of carbonyl (C=O) groups is 1. The zero-order valence-corrected chi connectivity index (χ0v) is 17.8. The summed E-state index contributed by atoms with van der Waals surface area (Å²) < 4.78 is 7.22. The zero-order chi connectivity index (χ0) is 19.7. The number of aryl methyl sites for hydroxylation is 2. The van der Waals surface area contributed by atoms with Crippen LogP contribution in [0.3, 0.4) is 0 Å². The number of hydrogen-bond acceptors (Lipinski definition) is 5. The van der Waals surface area contributed by atoms with Crippen molar-refractivity contribution in [3.05, 3.63) is 16.4 Å². The van der Waals surface area contributed by atoms with E-state index in [1.54, 1.807) is 4.68 Å². The van der Waals surface area contributed by atoms with Crippen molar-refractivity contribution in [2.24, 2.45) is 7.05 Å². The molecule has 3 aliphatic heterocycles. The van der Waals surface area contributed by atoms with Gasteiger partial charge in [-0.05, 0) is 32.6 Å². The number of nitrogens with zero attached hydrogens (tertiary/aromatic N) is 5. The SMILES string of the molecule is Cc1nn(C)c(Cl)c1CN1CCN([C@H]2CCCN(C3CCOCC3)C2=O)CC1. The van der Waals surface area contributed by atoms with Gasteiger partial charge < -0.3 is 9.64 Å². The highest BCUT2D eigenvalue weighted by Crippen LogP contribution is 2.26. The number of piperazine rings is 1. The summed E-state index contributed by atoms with van der Waals surface area (Å²) in [6.07, 6.45) is 4.07. The fourth-order valence-electron chi connectivity index (χ4n) is 4.89. The van der Waals surface area contributed by atoms with Crippen LogP contribution in [0.1, 0.15) is 36.9 Å². The van der Waals surface area contributed by atoms with Crippen molar-refractivity contribution in [1.82, 2.24) is 24.5 Å². The first-order valence-corrected chi connectivity index (χ1v) is 10.9. The van der Waals surface area contributed by atoms with E-state index in [0.29, 0.717) is 11.9 Å². The molecule has 3 saturated heterocycles. The second-order valence-electron chi connectivity index (χ2n) is 8.32. The minimum absolute atomic E-state index is 0.0578. The van der Waals surface area contributed by atoms with Crippen molar-refractivity contribution in [2.45, 2.75) is 51.2 Å². The number of rotatable bonds is 4. The van der Waals surface area contributed by atoms with Gasteiger partial charge in [-0.3, -0.25) is 19.3 Å². The van der Waals surface area contributed by atoms with Gasteiger partial charge in [0.15, 0.2) is 0 Å². The maximum atomic E-state index is 13.2. The molecule has 0 bridgehead atoms. The van der Waals surface area contributed by atoms with Crippen LogP contribution < -0.4 is 0 Å². The molecule has 3 aliphatic rings. The molecule has 1 atom stereocenters. The average Bonchev–Trinajstić information content (AvgIpc) is 2.95. The molecular weight excluding hydrogens is 378 g/mol. The van der Waals surface area contributed by atoms with E-state index in [-0.39, 0.29) is 6.04 Å². The summed E-state index contributed by atoms with van der Waals surface area (Å²) in [5, 5.41) is 5.15. The summed E-state index contributed by atoms with van der Waals surface area (Å²) >= 11 is 6.40. The molecule has 8 heteroatoms. The van der Waals surface area contributed by atoms with Crippen LogP contribution in [0, 0.1) is 6.92 Å². The molecule has 0 spiro atoms. The number of carbonyl (C=O) groups excluding carboxylic acids is 1. The van der Waals surface area contributed by atoms with Crippen LogP contribution in [0.4, 0.5) is 0 Å². The van der Waals surface area contributed by atoms with Crippen LogP contribution in [0.2, 0.25) is 5.15 Å². The van der Waals surface area contributed by atoms with E-state index in [1.165, 1.54) is 0 Å². The van der Waals surface area contributed by atoms with E-state index in [9.17, 15) is 4.79 Å². The Labute approximate surface area is 172 Å². The molecule has 1 amide bonds. The molecule has 0 N–H and O–H groups in total. The first-order valence-electron chi connectivity index (χ1n) is 10.6. The normalized spacial score (nSPS) is 26.2. The first kappa shape index (κ1) is 20.1. The van der Waals surface area contributed by atoms with E-state index < -0.39 is 0 Å². The number of ether oxygens (including phenoxy) is 1. The first-order chi connectivity index (χ1) is 13.5. The fraction of sp³-hybridized carbons (Fsp3) is 0.800. The van der Waals surface area contributed by atoms with Crippen LogP contribution in [-0.4, -0.2) is 88.4 Å². The molecule has 28 heavy (non-hydrogen) atoms. The molecule has 0 aromatic carbocycles. The molecule has 0 unspecified atom stereocenters. The van der Waals surface area contributed by atoms with Crippen LogP contribution in [0.5, 0.6) is 0 Å². The Hall–Kier alpha value is -1.15. The van der Waals surface area contributed by atoms with Crippen LogP contribution >= 0.6 is 11.6 Å². The summed E-state index contributed by atoms with van der Waals surface area (Å²) in [5.41, 5.74) is 2.13. The number of aromatic nitrogens is 2. The highest BCUT2D eigenvalue weighted by Gasteiger charge is 2.38. The van der Waals surface area contributed by atoms with Gasteiger partial charge in [0.1, 0.15) is 5.15 Å². The van der Waals surface area contributed by atoms with Gasteiger partial charge in [-0.1, -0.05) is 11.6 Å². The Morgan fingerprint density at radius 2 is 1.82 bits per heavy atom. The third kappa shape index (κ3) is 4.08. The number of amides is 1. The van der Waals surface area contributed by atoms with E-state index in [2.05, 4.69) is 19.8 Å². The molecule has 4 heterocycles. The summed E-state index contributed by atoms with van der Waals surface area (Å²) in [6, 6.07) is 0.434. The van der Waals surface area contributed by atoms with Crippen molar-refractivity contribution in [3.8, 4) is 0 Å². The van der Waals surface area contributed by atoms with Gasteiger partial charge >= 0.3 is 0 Å². The summed E-state index contributed by atoms with van der Waals surface area (Å²) in [6.45, 7) is 9.14. The monoisotopic (exact) mass is 409 g/mol. The lowest BCUT2D eigenvalue weighted by Crippen LogP contribution is -2.59. The van der Waals surface area contributed by atoms with Crippen molar-refractivity contribution >= 4 is 17.5 Å². The van der Waals surface area contributed by atoms with Crippen LogP contribution in [-0.2, 0) is 23.1 Å². The predicted molar refractivity (Wildman–Crippen MR) is 108 cm³/mol. The average molecular weight is 410 g/mol. The molecule has 1 aromatic rings. The number of piperidine rings is 1. The molecule has 4 rings (SSSR count). The van der Waals surface area contributed by atoms with E-state index in [1.807, 2.05) is 14.0 Å². The molecule has 1 aromatic heterocycles. The third-order valence-corrected chi connectivity index (χ3v) is 7.05. The van der Waals surface area contributed by atoms with Crippen molar-refractivity contribution in [2.75, 3.05) is 45.9 Å². The number of hydrogen-bond donors (Lipinski definition) is 0. The van der Waals surface area contributed by atoms with Gasteiger partial charge in [-0.2, -0.15) is 5.10 Å². The lowest BCUT2D eigenvalue weighted by Gasteiger charge is -2.45. The lowest BCUT2D eigenvalue weighted by atomic mass is 9.97. The zero-order valence-electron chi connectivity index (χ0n) is 17.1. The Morgan fingerprint density at radius 1 is 1.11 bits per heavy atom. The highest BCUT2D eigenvalue weighted by molar-refractivity contribution is 6.30. The van der Waals surface area contributed by atoms with Crippen molar-refractivity contribution in [1.29, 1.82) is 0 Å². The molecule has 0 saturated carbocycles.